The van der Waals surface area contributed by atoms with Crippen molar-refractivity contribution in [3.8, 4) is 0 Å². The average molecular weight is 196 g/mol. The largest absolute Gasteiger partial charge is 0.290 e. The lowest BCUT2D eigenvalue weighted by molar-refractivity contribution is -0.384. The van der Waals surface area contributed by atoms with Gasteiger partial charge in [-0.05, 0) is 17.7 Å². The Labute approximate surface area is 80.2 Å². The number of rotatable bonds is 4. The highest BCUT2D eigenvalue weighted by Crippen LogP contribution is 2.10. The molecule has 0 N–H and O–H groups in total. The maximum absolute atomic E-state index is 11.7. The molecule has 5 heteroatoms. The predicted molar refractivity (Wildman–Crippen MR) is 51.5 cm³/mol. The fourth-order valence-corrected chi connectivity index (χ4v) is 0.901. The summed E-state index contributed by atoms with van der Waals surface area (Å²) in [5.74, 6) is 0. The number of non-ortho nitro benzene ring substituents is 1. The maximum Gasteiger partial charge on any atom is 0.269 e. The van der Waals surface area contributed by atoms with Gasteiger partial charge in [-0.2, -0.15) is 0 Å². The van der Waals surface area contributed by atoms with Crippen LogP contribution < -0.4 is 0 Å². The van der Waals surface area contributed by atoms with Crippen LogP contribution in [-0.2, 0) is 0 Å². The highest BCUT2D eigenvalue weighted by molar-refractivity contribution is 5.79. The zero-order valence-corrected chi connectivity index (χ0v) is 7.39. The van der Waals surface area contributed by atoms with Gasteiger partial charge in [0.15, 0.2) is 0 Å². The molecule has 0 saturated carbocycles. The first-order chi connectivity index (χ1) is 6.74. The molecule has 0 unspecified atom stereocenters. The van der Waals surface area contributed by atoms with E-state index < -0.39 is 11.6 Å². The summed E-state index contributed by atoms with van der Waals surface area (Å²) in [6.07, 6.45) is 1.49. The summed E-state index contributed by atoms with van der Waals surface area (Å²) >= 11 is 0. The summed E-state index contributed by atoms with van der Waals surface area (Å²) < 4.78 is 11.7. The Morgan fingerprint density at radius 3 is 2.57 bits per heavy atom. The van der Waals surface area contributed by atoms with Gasteiger partial charge in [0.25, 0.3) is 5.69 Å². The zero-order chi connectivity index (χ0) is 10.4. The summed E-state index contributed by atoms with van der Waals surface area (Å²) in [6, 6.07) is 5.91. The van der Waals surface area contributed by atoms with E-state index in [-0.39, 0.29) is 12.2 Å². The van der Waals surface area contributed by atoms with E-state index in [9.17, 15) is 14.5 Å². The predicted octanol–water partition coefficient (Wildman–Crippen LogP) is 1.98. The number of aliphatic imine (C=N–C) groups is 1. The molecule has 0 aliphatic carbocycles. The fraction of sp³-hybridized carbons (Fsp3) is 0.222. The number of benzene rings is 1. The van der Waals surface area contributed by atoms with Crippen molar-refractivity contribution in [2.24, 2.45) is 4.99 Å². The third-order valence-electron chi connectivity index (χ3n) is 1.56. The summed E-state index contributed by atoms with van der Waals surface area (Å²) in [6.45, 7) is -0.375. The van der Waals surface area contributed by atoms with Crippen molar-refractivity contribution in [1.82, 2.24) is 0 Å². The minimum atomic E-state index is -0.497. The average Bonchev–Trinajstić information content (AvgIpc) is 2.19. The zero-order valence-electron chi connectivity index (χ0n) is 7.39. The van der Waals surface area contributed by atoms with Crippen molar-refractivity contribution in [2.45, 2.75) is 0 Å². The van der Waals surface area contributed by atoms with Gasteiger partial charge in [0.1, 0.15) is 6.67 Å². The molecule has 0 aromatic heterocycles. The van der Waals surface area contributed by atoms with E-state index in [1.165, 1.54) is 18.3 Å². The summed E-state index contributed by atoms with van der Waals surface area (Å²) in [5, 5.41) is 10.3. The van der Waals surface area contributed by atoms with Crippen LogP contribution in [0.4, 0.5) is 10.1 Å². The summed E-state index contributed by atoms with van der Waals surface area (Å²) in [4.78, 5) is 13.6. The highest BCUT2D eigenvalue weighted by Gasteiger charge is 2.01. The third-order valence-corrected chi connectivity index (χ3v) is 1.56. The lowest BCUT2D eigenvalue weighted by atomic mass is 10.2. The molecule has 0 amide bonds. The van der Waals surface area contributed by atoms with Gasteiger partial charge >= 0.3 is 0 Å². The standard InChI is InChI=1S/C9H9FN2O2/c10-5-6-11-7-8-1-3-9(4-2-8)12(13)14/h1-4,7H,5-6H2. The van der Waals surface area contributed by atoms with E-state index in [1.807, 2.05) is 0 Å². The molecule has 1 aromatic carbocycles. The Morgan fingerprint density at radius 2 is 2.07 bits per heavy atom. The second-order valence-electron chi connectivity index (χ2n) is 2.57. The van der Waals surface area contributed by atoms with Crippen LogP contribution >= 0.6 is 0 Å². The fourth-order valence-electron chi connectivity index (χ4n) is 0.901. The molecule has 0 bridgehead atoms. The number of nitro benzene ring substituents is 1. The Bertz CT molecular complexity index is 335. The molecular formula is C9H9FN2O2. The van der Waals surface area contributed by atoms with Crippen molar-refractivity contribution in [1.29, 1.82) is 0 Å². The van der Waals surface area contributed by atoms with Crippen molar-refractivity contribution < 1.29 is 9.31 Å². The van der Waals surface area contributed by atoms with Gasteiger partial charge in [0, 0.05) is 18.3 Å². The van der Waals surface area contributed by atoms with Crippen molar-refractivity contribution in [3.05, 3.63) is 39.9 Å². The first-order valence-electron chi connectivity index (χ1n) is 4.04. The molecule has 0 aliphatic heterocycles. The number of hydrogen-bond acceptors (Lipinski definition) is 3. The van der Waals surface area contributed by atoms with E-state index in [0.717, 1.165) is 5.56 Å². The number of nitro groups is 1. The van der Waals surface area contributed by atoms with Crippen LogP contribution in [0.25, 0.3) is 0 Å². The molecule has 0 aliphatic rings. The van der Waals surface area contributed by atoms with Gasteiger partial charge in [-0.15, -0.1) is 0 Å². The lowest BCUT2D eigenvalue weighted by Gasteiger charge is -1.92. The minimum absolute atomic E-state index is 0.0349. The normalized spacial score (nSPS) is 10.6. The van der Waals surface area contributed by atoms with Crippen molar-refractivity contribution in [2.75, 3.05) is 13.2 Å². The van der Waals surface area contributed by atoms with Crippen LogP contribution in [0.3, 0.4) is 0 Å². The molecular weight excluding hydrogens is 187 g/mol. The molecule has 0 saturated heterocycles. The van der Waals surface area contributed by atoms with Crippen molar-refractivity contribution in [3.63, 3.8) is 0 Å². The van der Waals surface area contributed by atoms with Crippen LogP contribution in [0.15, 0.2) is 29.3 Å². The third kappa shape index (κ3) is 2.93. The molecule has 0 radical (unpaired) electrons. The topological polar surface area (TPSA) is 55.5 Å². The molecule has 0 atom stereocenters. The maximum atomic E-state index is 11.7. The van der Waals surface area contributed by atoms with Crippen LogP contribution in [0, 0.1) is 10.1 Å². The molecule has 14 heavy (non-hydrogen) atoms. The van der Waals surface area contributed by atoms with Gasteiger partial charge in [-0.25, -0.2) is 4.39 Å². The molecule has 74 valence electrons. The molecule has 1 aromatic rings. The monoisotopic (exact) mass is 196 g/mol. The first kappa shape index (κ1) is 10.3. The molecule has 0 heterocycles. The van der Waals surface area contributed by atoms with E-state index in [4.69, 9.17) is 0 Å². The number of nitrogens with zero attached hydrogens (tertiary/aromatic N) is 2. The quantitative estimate of drug-likeness (QED) is 0.420. The number of hydrogen-bond donors (Lipinski definition) is 0. The van der Waals surface area contributed by atoms with Gasteiger partial charge in [0.2, 0.25) is 0 Å². The molecule has 0 fully saturated rings. The van der Waals surface area contributed by atoms with Gasteiger partial charge in [0.05, 0.1) is 11.5 Å². The summed E-state index contributed by atoms with van der Waals surface area (Å²) in [7, 11) is 0. The Kier molecular flexibility index (Phi) is 3.72. The number of alkyl halides is 1. The Hall–Kier alpha value is -1.78. The van der Waals surface area contributed by atoms with Gasteiger partial charge < -0.3 is 0 Å². The van der Waals surface area contributed by atoms with E-state index in [1.54, 1.807) is 12.1 Å². The highest BCUT2D eigenvalue weighted by atomic mass is 19.1. The molecule has 4 nitrogen and oxygen atoms in total. The second-order valence-corrected chi connectivity index (χ2v) is 2.57. The Balaban J connectivity index is 2.68. The van der Waals surface area contributed by atoms with E-state index in [2.05, 4.69) is 4.99 Å². The van der Waals surface area contributed by atoms with Gasteiger partial charge in [-0.3, -0.25) is 15.1 Å². The lowest BCUT2D eigenvalue weighted by Crippen LogP contribution is -1.89. The van der Waals surface area contributed by atoms with Crippen molar-refractivity contribution >= 4 is 11.9 Å². The summed E-state index contributed by atoms with van der Waals surface area (Å²) in [5.41, 5.74) is 0.761. The van der Waals surface area contributed by atoms with E-state index in [0.29, 0.717) is 0 Å². The first-order valence-corrected chi connectivity index (χ1v) is 4.04. The van der Waals surface area contributed by atoms with Crippen LogP contribution in [0.1, 0.15) is 5.56 Å². The Morgan fingerprint density at radius 1 is 1.43 bits per heavy atom. The molecule has 0 spiro atoms. The van der Waals surface area contributed by atoms with Crippen LogP contribution in [0.2, 0.25) is 0 Å². The van der Waals surface area contributed by atoms with E-state index >= 15 is 0 Å². The number of halogens is 1. The smallest absolute Gasteiger partial charge is 0.269 e. The minimum Gasteiger partial charge on any atom is -0.290 e. The molecule has 1 rings (SSSR count). The van der Waals surface area contributed by atoms with Crippen LogP contribution in [-0.4, -0.2) is 24.4 Å². The second kappa shape index (κ2) is 5.06. The van der Waals surface area contributed by atoms with Gasteiger partial charge in [-0.1, -0.05) is 0 Å². The SMILES string of the molecule is O=[N+]([O-])c1ccc(C=NCCF)cc1. The van der Waals surface area contributed by atoms with Crippen LogP contribution in [0.5, 0.6) is 0 Å².